The summed E-state index contributed by atoms with van der Waals surface area (Å²) in [6.45, 7) is 1.72. The number of aromatic hydroxyl groups is 1. The van der Waals surface area contributed by atoms with E-state index in [1.165, 1.54) is 12.1 Å². The van der Waals surface area contributed by atoms with Crippen molar-refractivity contribution in [3.05, 3.63) is 29.6 Å². The highest BCUT2D eigenvalue weighted by Crippen LogP contribution is 2.22. The van der Waals surface area contributed by atoms with Crippen LogP contribution in [-0.2, 0) is 9.59 Å². The van der Waals surface area contributed by atoms with Gasteiger partial charge in [-0.25, -0.2) is 4.39 Å². The van der Waals surface area contributed by atoms with Gasteiger partial charge in [0.2, 0.25) is 11.8 Å². The molecular weight excluding hydrogens is 251 g/mol. The Bertz CT molecular complexity index is 519. The Morgan fingerprint density at radius 3 is 2.84 bits per heavy atom. The molecule has 1 heterocycles. The van der Waals surface area contributed by atoms with Crippen molar-refractivity contribution in [1.29, 1.82) is 0 Å². The number of carbonyl (C=O) groups is 2. The number of benzene rings is 1. The summed E-state index contributed by atoms with van der Waals surface area (Å²) in [5, 5.41) is 14.4. The molecule has 2 rings (SSSR count). The van der Waals surface area contributed by atoms with Gasteiger partial charge in [0.25, 0.3) is 0 Å². The topological polar surface area (TPSA) is 78.4 Å². The predicted octanol–water partition coefficient (Wildman–Crippen LogP) is 0.987. The summed E-state index contributed by atoms with van der Waals surface area (Å²) in [5.74, 6) is -1.35. The lowest BCUT2D eigenvalue weighted by Gasteiger charge is -2.25. The molecule has 2 atom stereocenters. The lowest BCUT2D eigenvalue weighted by Crippen LogP contribution is -2.51. The van der Waals surface area contributed by atoms with Gasteiger partial charge in [0.05, 0.1) is 6.04 Å². The van der Waals surface area contributed by atoms with Crippen molar-refractivity contribution in [1.82, 2.24) is 10.6 Å². The molecule has 0 radical (unpaired) electrons. The maximum atomic E-state index is 13.7. The molecule has 1 aliphatic rings. The third-order valence-corrected chi connectivity index (χ3v) is 3.14. The molecule has 0 aromatic heterocycles. The van der Waals surface area contributed by atoms with E-state index in [9.17, 15) is 14.0 Å². The summed E-state index contributed by atoms with van der Waals surface area (Å²) in [6.07, 6.45) is 0.670. The van der Waals surface area contributed by atoms with Crippen LogP contribution in [0.15, 0.2) is 18.2 Å². The van der Waals surface area contributed by atoms with E-state index in [2.05, 4.69) is 10.6 Å². The van der Waals surface area contributed by atoms with Crippen molar-refractivity contribution in [2.45, 2.75) is 31.8 Å². The van der Waals surface area contributed by atoms with Crippen LogP contribution in [0.25, 0.3) is 0 Å². The molecule has 1 saturated heterocycles. The van der Waals surface area contributed by atoms with Crippen molar-refractivity contribution in [3.8, 4) is 5.75 Å². The maximum absolute atomic E-state index is 13.7. The number of piperidine rings is 1. The Balaban J connectivity index is 2.06. The van der Waals surface area contributed by atoms with Gasteiger partial charge in [-0.05, 0) is 19.4 Å². The summed E-state index contributed by atoms with van der Waals surface area (Å²) in [5.41, 5.74) is 0.363. The van der Waals surface area contributed by atoms with Crippen LogP contribution in [0.4, 0.5) is 4.39 Å². The van der Waals surface area contributed by atoms with E-state index in [1.54, 1.807) is 6.92 Å². The Labute approximate surface area is 109 Å². The Hall–Kier alpha value is -1.95. The molecule has 0 spiro atoms. The number of amides is 2. The van der Waals surface area contributed by atoms with Crippen LogP contribution in [0.1, 0.15) is 31.4 Å². The molecule has 1 aromatic rings. The fourth-order valence-corrected chi connectivity index (χ4v) is 2.11. The zero-order valence-electron chi connectivity index (χ0n) is 10.4. The van der Waals surface area contributed by atoms with Crippen molar-refractivity contribution >= 4 is 11.8 Å². The van der Waals surface area contributed by atoms with Crippen LogP contribution < -0.4 is 10.6 Å². The second-order valence-corrected chi connectivity index (χ2v) is 4.60. The lowest BCUT2D eigenvalue weighted by molar-refractivity contribution is -0.134. The summed E-state index contributed by atoms with van der Waals surface area (Å²) in [4.78, 5) is 22.6. The Morgan fingerprint density at radius 1 is 1.47 bits per heavy atom. The highest BCUT2D eigenvalue weighted by atomic mass is 19.1. The standard InChI is InChI=1S/C13H15FN2O3/c1-7(9-3-2-8(17)6-10(9)14)15-11-4-5-12(18)16-13(11)19/h2-3,6-7,11,15,17H,4-5H2,1H3,(H,16,18,19). The second kappa shape index (κ2) is 5.36. The average molecular weight is 266 g/mol. The molecule has 0 bridgehead atoms. The Kier molecular flexibility index (Phi) is 3.80. The molecule has 102 valence electrons. The first kappa shape index (κ1) is 13.5. The lowest BCUT2D eigenvalue weighted by atomic mass is 10.0. The van der Waals surface area contributed by atoms with Gasteiger partial charge in [0.15, 0.2) is 0 Å². The Morgan fingerprint density at radius 2 is 2.21 bits per heavy atom. The molecule has 1 aliphatic heterocycles. The van der Waals surface area contributed by atoms with Gasteiger partial charge in [-0.2, -0.15) is 0 Å². The number of carbonyl (C=O) groups excluding carboxylic acids is 2. The fourth-order valence-electron chi connectivity index (χ4n) is 2.11. The van der Waals surface area contributed by atoms with Crippen LogP contribution in [0.2, 0.25) is 0 Å². The van der Waals surface area contributed by atoms with Crippen LogP contribution in [0, 0.1) is 5.82 Å². The first-order valence-corrected chi connectivity index (χ1v) is 6.05. The molecule has 19 heavy (non-hydrogen) atoms. The molecular formula is C13H15FN2O3. The summed E-state index contributed by atoms with van der Waals surface area (Å²) >= 11 is 0. The zero-order chi connectivity index (χ0) is 14.0. The molecule has 0 saturated carbocycles. The number of imide groups is 1. The van der Waals surface area contributed by atoms with Crippen LogP contribution in [0.5, 0.6) is 5.75 Å². The number of phenols is 1. The predicted molar refractivity (Wildman–Crippen MR) is 65.8 cm³/mol. The monoisotopic (exact) mass is 266 g/mol. The van der Waals surface area contributed by atoms with E-state index in [-0.39, 0.29) is 24.0 Å². The van der Waals surface area contributed by atoms with Gasteiger partial charge in [-0.15, -0.1) is 0 Å². The summed E-state index contributed by atoms with van der Waals surface area (Å²) in [7, 11) is 0. The number of hydrogen-bond acceptors (Lipinski definition) is 4. The minimum atomic E-state index is -0.535. The number of nitrogens with one attached hydrogen (secondary N) is 2. The van der Waals surface area contributed by atoms with E-state index in [4.69, 9.17) is 5.11 Å². The van der Waals surface area contributed by atoms with Crippen LogP contribution >= 0.6 is 0 Å². The van der Waals surface area contributed by atoms with Gasteiger partial charge >= 0.3 is 0 Å². The third-order valence-electron chi connectivity index (χ3n) is 3.14. The van der Waals surface area contributed by atoms with Gasteiger partial charge < -0.3 is 5.11 Å². The van der Waals surface area contributed by atoms with Crippen molar-refractivity contribution in [3.63, 3.8) is 0 Å². The molecule has 2 unspecified atom stereocenters. The SMILES string of the molecule is CC(NC1CCC(=O)NC1=O)c1ccc(O)cc1F. The highest BCUT2D eigenvalue weighted by molar-refractivity contribution is 6.00. The average Bonchev–Trinajstić information content (AvgIpc) is 2.32. The van der Waals surface area contributed by atoms with E-state index in [0.29, 0.717) is 12.0 Å². The molecule has 2 amide bonds. The largest absolute Gasteiger partial charge is 0.508 e. The molecule has 1 aromatic carbocycles. The van der Waals surface area contributed by atoms with E-state index in [1.807, 2.05) is 0 Å². The third kappa shape index (κ3) is 3.08. The first-order valence-electron chi connectivity index (χ1n) is 6.05. The van der Waals surface area contributed by atoms with E-state index in [0.717, 1.165) is 6.07 Å². The minimum absolute atomic E-state index is 0.144. The van der Waals surface area contributed by atoms with Crippen molar-refractivity contribution in [2.75, 3.05) is 0 Å². The van der Waals surface area contributed by atoms with Crippen molar-refractivity contribution in [2.24, 2.45) is 0 Å². The summed E-state index contributed by atoms with van der Waals surface area (Å²) < 4.78 is 13.7. The molecule has 0 aliphatic carbocycles. The normalized spacial score (nSPS) is 21.1. The van der Waals surface area contributed by atoms with Crippen molar-refractivity contribution < 1.29 is 19.1 Å². The number of halogens is 1. The minimum Gasteiger partial charge on any atom is -0.508 e. The van der Waals surface area contributed by atoms with E-state index >= 15 is 0 Å². The van der Waals surface area contributed by atoms with Gasteiger partial charge in [-0.3, -0.25) is 20.2 Å². The fraction of sp³-hybridized carbons (Fsp3) is 0.385. The smallest absolute Gasteiger partial charge is 0.243 e. The number of phenolic OH excluding ortho intramolecular Hbond substituents is 1. The first-order chi connectivity index (χ1) is 8.97. The quantitative estimate of drug-likeness (QED) is 0.713. The van der Waals surface area contributed by atoms with Crippen LogP contribution in [-0.4, -0.2) is 23.0 Å². The van der Waals surface area contributed by atoms with E-state index < -0.39 is 17.9 Å². The number of rotatable bonds is 3. The molecule has 3 N–H and O–H groups in total. The van der Waals surface area contributed by atoms with Gasteiger partial charge in [0, 0.05) is 24.1 Å². The highest BCUT2D eigenvalue weighted by Gasteiger charge is 2.28. The molecule has 6 heteroatoms. The van der Waals surface area contributed by atoms with Crippen LogP contribution in [0.3, 0.4) is 0 Å². The summed E-state index contributed by atoms with van der Waals surface area (Å²) in [6, 6.07) is 2.97. The molecule has 1 fully saturated rings. The van der Waals surface area contributed by atoms with Gasteiger partial charge in [0.1, 0.15) is 11.6 Å². The molecule has 5 nitrogen and oxygen atoms in total. The number of hydrogen-bond donors (Lipinski definition) is 3. The van der Waals surface area contributed by atoms with Gasteiger partial charge in [-0.1, -0.05) is 6.07 Å². The zero-order valence-corrected chi connectivity index (χ0v) is 10.4. The maximum Gasteiger partial charge on any atom is 0.243 e. The second-order valence-electron chi connectivity index (χ2n) is 4.60.